The van der Waals surface area contributed by atoms with Gasteiger partial charge < -0.3 is 5.11 Å². The Labute approximate surface area is 137 Å². The van der Waals surface area contributed by atoms with E-state index in [0.29, 0.717) is 24.3 Å². The molecule has 1 saturated carbocycles. The molecule has 0 aromatic heterocycles. The SMILES string of the molecule is CCN(CC(=O)O)C1CC(NS(=O)(=O)c2ccc(C)cc2C)C1. The third-order valence-electron chi connectivity index (χ3n) is 4.32. The van der Waals surface area contributed by atoms with Gasteiger partial charge in [-0.3, -0.25) is 9.69 Å². The van der Waals surface area contributed by atoms with Crippen LogP contribution in [0.4, 0.5) is 0 Å². The Bertz CT molecular complexity index is 681. The number of likely N-dealkylation sites (N-methyl/N-ethyl adjacent to an activating group) is 1. The molecule has 2 rings (SSSR count). The summed E-state index contributed by atoms with van der Waals surface area (Å²) in [6, 6.07) is 5.27. The lowest BCUT2D eigenvalue weighted by Gasteiger charge is -2.42. The van der Waals surface area contributed by atoms with E-state index in [1.54, 1.807) is 19.1 Å². The van der Waals surface area contributed by atoms with Gasteiger partial charge in [0.05, 0.1) is 11.4 Å². The molecule has 128 valence electrons. The van der Waals surface area contributed by atoms with Crippen molar-refractivity contribution in [3.8, 4) is 0 Å². The van der Waals surface area contributed by atoms with Crippen LogP contribution in [0.2, 0.25) is 0 Å². The van der Waals surface area contributed by atoms with Gasteiger partial charge in [0.2, 0.25) is 10.0 Å². The number of rotatable bonds is 7. The first kappa shape index (κ1) is 17.9. The van der Waals surface area contributed by atoms with E-state index in [1.807, 2.05) is 24.8 Å². The predicted octanol–water partition coefficient (Wildman–Crippen LogP) is 1.52. The number of nitrogens with one attached hydrogen (secondary N) is 1. The number of nitrogens with zero attached hydrogens (tertiary/aromatic N) is 1. The van der Waals surface area contributed by atoms with Crippen molar-refractivity contribution in [3.63, 3.8) is 0 Å². The molecule has 0 spiro atoms. The normalized spacial score (nSPS) is 21.2. The molecule has 0 bridgehead atoms. The van der Waals surface area contributed by atoms with E-state index >= 15 is 0 Å². The lowest BCUT2D eigenvalue weighted by molar-refractivity contribution is -0.139. The Kier molecular flexibility index (Phi) is 5.44. The third-order valence-corrected chi connectivity index (χ3v) is 6.00. The molecular formula is C16H24N2O4S. The van der Waals surface area contributed by atoms with Crippen LogP contribution in [0.25, 0.3) is 0 Å². The van der Waals surface area contributed by atoms with Crippen molar-refractivity contribution in [2.75, 3.05) is 13.1 Å². The fourth-order valence-electron chi connectivity index (χ4n) is 3.04. The first-order valence-electron chi connectivity index (χ1n) is 7.78. The predicted molar refractivity (Wildman–Crippen MR) is 87.9 cm³/mol. The van der Waals surface area contributed by atoms with Crippen molar-refractivity contribution < 1.29 is 18.3 Å². The quantitative estimate of drug-likeness (QED) is 0.786. The molecule has 1 aliphatic carbocycles. The highest BCUT2D eigenvalue weighted by atomic mass is 32.2. The van der Waals surface area contributed by atoms with Crippen LogP contribution in [0, 0.1) is 13.8 Å². The van der Waals surface area contributed by atoms with Crippen molar-refractivity contribution in [2.24, 2.45) is 0 Å². The smallest absolute Gasteiger partial charge is 0.317 e. The van der Waals surface area contributed by atoms with E-state index in [1.165, 1.54) is 0 Å². The zero-order valence-corrected chi connectivity index (χ0v) is 14.6. The molecule has 6 nitrogen and oxygen atoms in total. The number of carboxylic acids is 1. The Morgan fingerprint density at radius 3 is 2.52 bits per heavy atom. The van der Waals surface area contributed by atoms with Crippen LogP contribution in [-0.2, 0) is 14.8 Å². The maximum atomic E-state index is 12.5. The van der Waals surface area contributed by atoms with Crippen molar-refractivity contribution in [3.05, 3.63) is 29.3 Å². The molecular weight excluding hydrogens is 316 g/mol. The molecule has 0 saturated heterocycles. The second-order valence-corrected chi connectivity index (χ2v) is 7.85. The average Bonchev–Trinajstić information content (AvgIpc) is 2.39. The summed E-state index contributed by atoms with van der Waals surface area (Å²) >= 11 is 0. The summed E-state index contributed by atoms with van der Waals surface area (Å²) in [5, 5.41) is 8.88. The topological polar surface area (TPSA) is 86.7 Å². The lowest BCUT2D eigenvalue weighted by Crippen LogP contribution is -2.54. The summed E-state index contributed by atoms with van der Waals surface area (Å²) in [5.74, 6) is -0.855. The van der Waals surface area contributed by atoms with E-state index in [-0.39, 0.29) is 18.6 Å². The molecule has 0 heterocycles. The Hall–Kier alpha value is -1.44. The van der Waals surface area contributed by atoms with Gasteiger partial charge in [0, 0.05) is 12.1 Å². The van der Waals surface area contributed by atoms with Crippen LogP contribution >= 0.6 is 0 Å². The molecule has 0 amide bonds. The Morgan fingerprint density at radius 2 is 2.00 bits per heavy atom. The highest BCUT2D eigenvalue weighted by molar-refractivity contribution is 7.89. The number of aliphatic carboxylic acids is 1. The van der Waals surface area contributed by atoms with Gasteiger partial charge in [-0.15, -0.1) is 0 Å². The number of sulfonamides is 1. The summed E-state index contributed by atoms with van der Waals surface area (Å²) in [5.41, 5.74) is 1.76. The molecule has 0 radical (unpaired) electrons. The molecule has 0 aliphatic heterocycles. The van der Waals surface area contributed by atoms with Crippen molar-refractivity contribution >= 4 is 16.0 Å². The number of hydrogen-bond donors (Lipinski definition) is 2. The maximum Gasteiger partial charge on any atom is 0.317 e. The summed E-state index contributed by atoms with van der Waals surface area (Å²) in [6.07, 6.45) is 1.29. The van der Waals surface area contributed by atoms with Crippen molar-refractivity contribution in [2.45, 2.75) is 50.6 Å². The number of aryl methyl sites for hydroxylation is 2. The fourth-order valence-corrected chi connectivity index (χ4v) is 4.53. The number of carboxylic acid groups (broad SMARTS) is 1. The monoisotopic (exact) mass is 340 g/mol. The van der Waals surface area contributed by atoms with Crippen LogP contribution in [0.3, 0.4) is 0 Å². The van der Waals surface area contributed by atoms with Gasteiger partial charge in [0.25, 0.3) is 0 Å². The summed E-state index contributed by atoms with van der Waals surface area (Å²) in [7, 11) is -3.53. The first-order valence-corrected chi connectivity index (χ1v) is 9.26. The van der Waals surface area contributed by atoms with Gasteiger partial charge in [-0.05, 0) is 44.9 Å². The molecule has 23 heavy (non-hydrogen) atoms. The number of hydrogen-bond acceptors (Lipinski definition) is 4. The van der Waals surface area contributed by atoms with Gasteiger partial charge >= 0.3 is 5.97 Å². The van der Waals surface area contributed by atoms with Gasteiger partial charge in [0.1, 0.15) is 0 Å². The van der Waals surface area contributed by atoms with Crippen LogP contribution in [0.1, 0.15) is 30.9 Å². The summed E-state index contributed by atoms with van der Waals surface area (Å²) in [4.78, 5) is 13.0. The van der Waals surface area contributed by atoms with Crippen LogP contribution in [0.5, 0.6) is 0 Å². The molecule has 1 fully saturated rings. The van der Waals surface area contributed by atoms with Crippen LogP contribution < -0.4 is 4.72 Å². The Balaban J connectivity index is 1.97. The van der Waals surface area contributed by atoms with E-state index < -0.39 is 16.0 Å². The third kappa shape index (κ3) is 4.31. The maximum absolute atomic E-state index is 12.5. The van der Waals surface area contributed by atoms with Crippen LogP contribution in [0.15, 0.2) is 23.1 Å². The first-order chi connectivity index (χ1) is 10.7. The fraction of sp³-hybridized carbons (Fsp3) is 0.562. The number of carbonyl (C=O) groups is 1. The van der Waals surface area contributed by atoms with Crippen molar-refractivity contribution in [1.82, 2.24) is 9.62 Å². The molecule has 2 N–H and O–H groups in total. The minimum absolute atomic E-state index is 0.00227. The molecule has 1 aliphatic rings. The molecule has 1 aromatic carbocycles. The zero-order chi connectivity index (χ0) is 17.2. The highest BCUT2D eigenvalue weighted by Crippen LogP contribution is 2.27. The standard InChI is InChI=1S/C16H24N2O4S/c1-4-18(10-16(19)20)14-8-13(9-14)17-23(21,22)15-6-5-11(2)7-12(15)3/h5-7,13-14,17H,4,8-10H2,1-3H3,(H,19,20). The van der Waals surface area contributed by atoms with Gasteiger partial charge in [0.15, 0.2) is 0 Å². The average molecular weight is 340 g/mol. The summed E-state index contributed by atoms with van der Waals surface area (Å²) < 4.78 is 27.7. The second kappa shape index (κ2) is 6.98. The largest absolute Gasteiger partial charge is 0.480 e. The minimum Gasteiger partial charge on any atom is -0.480 e. The minimum atomic E-state index is -3.53. The van der Waals surface area contributed by atoms with Gasteiger partial charge in [-0.1, -0.05) is 24.6 Å². The van der Waals surface area contributed by atoms with E-state index in [9.17, 15) is 13.2 Å². The van der Waals surface area contributed by atoms with E-state index in [2.05, 4.69) is 4.72 Å². The van der Waals surface area contributed by atoms with E-state index in [4.69, 9.17) is 5.11 Å². The molecule has 7 heteroatoms. The highest BCUT2D eigenvalue weighted by Gasteiger charge is 2.36. The molecule has 1 aromatic rings. The Morgan fingerprint density at radius 1 is 1.35 bits per heavy atom. The zero-order valence-electron chi connectivity index (χ0n) is 13.7. The van der Waals surface area contributed by atoms with Crippen LogP contribution in [-0.4, -0.2) is 49.6 Å². The van der Waals surface area contributed by atoms with Gasteiger partial charge in [-0.2, -0.15) is 0 Å². The lowest BCUT2D eigenvalue weighted by atomic mass is 9.86. The van der Waals surface area contributed by atoms with Gasteiger partial charge in [-0.25, -0.2) is 13.1 Å². The van der Waals surface area contributed by atoms with Crippen molar-refractivity contribution in [1.29, 1.82) is 0 Å². The molecule has 0 unspecified atom stereocenters. The summed E-state index contributed by atoms with van der Waals surface area (Å²) in [6.45, 7) is 6.27. The molecule has 0 atom stereocenters. The van der Waals surface area contributed by atoms with E-state index in [0.717, 1.165) is 11.1 Å². The number of benzene rings is 1. The second-order valence-electron chi connectivity index (χ2n) is 6.17.